The Labute approximate surface area is 173 Å². The molecule has 1 spiro atoms. The Hall–Kier alpha value is -2.28. The maximum Gasteiger partial charge on any atom is 0.326 e. The van der Waals surface area contributed by atoms with Crippen molar-refractivity contribution in [3.05, 3.63) is 24.3 Å². The molecule has 0 bridgehead atoms. The summed E-state index contributed by atoms with van der Waals surface area (Å²) in [6.07, 6.45) is 3.90. The number of anilines is 1. The molecule has 7 heteroatoms. The molecule has 2 aliphatic heterocycles. The van der Waals surface area contributed by atoms with Crippen molar-refractivity contribution in [2.24, 2.45) is 5.92 Å². The molecule has 1 aromatic rings. The van der Waals surface area contributed by atoms with Crippen LogP contribution >= 0.6 is 0 Å². The molecule has 7 nitrogen and oxygen atoms in total. The number of nitrogens with one attached hydrogen (secondary N) is 1. The molecule has 4 rings (SSSR count). The van der Waals surface area contributed by atoms with Crippen molar-refractivity contribution in [3.8, 4) is 5.75 Å². The number of hydrogen-bond acceptors (Lipinski definition) is 5. The molecular weight excluding hydrogens is 368 g/mol. The number of carbonyl (C=O) groups is 2. The molecule has 158 valence electrons. The molecule has 0 radical (unpaired) electrons. The van der Waals surface area contributed by atoms with Crippen molar-refractivity contribution in [2.45, 2.75) is 45.1 Å². The Bertz CT molecular complexity index is 762. The third-order valence-corrected chi connectivity index (χ3v) is 6.72. The predicted octanol–water partition coefficient (Wildman–Crippen LogP) is 2.67. The highest BCUT2D eigenvalue weighted by atomic mass is 16.5. The minimum absolute atomic E-state index is 0.0289. The van der Waals surface area contributed by atoms with Crippen molar-refractivity contribution >= 4 is 17.6 Å². The van der Waals surface area contributed by atoms with Crippen LogP contribution in [0.2, 0.25) is 0 Å². The molecule has 3 aliphatic rings. The van der Waals surface area contributed by atoms with Gasteiger partial charge in [0.25, 0.3) is 5.91 Å². The van der Waals surface area contributed by atoms with Crippen LogP contribution in [0.5, 0.6) is 5.75 Å². The minimum atomic E-state index is -0.673. The first kappa shape index (κ1) is 20.0. The Morgan fingerprint density at radius 3 is 2.62 bits per heavy atom. The number of para-hydroxylation sites is 2. The van der Waals surface area contributed by atoms with Crippen LogP contribution in [0.25, 0.3) is 0 Å². The fraction of sp³-hybridized carbons (Fsp3) is 0.636. The molecule has 1 saturated carbocycles. The highest BCUT2D eigenvalue weighted by Gasteiger charge is 2.55. The maximum atomic E-state index is 13.2. The average Bonchev–Trinajstić information content (AvgIpc) is 2.96. The Morgan fingerprint density at radius 2 is 1.90 bits per heavy atom. The molecular formula is C22H32N4O3. The van der Waals surface area contributed by atoms with E-state index >= 15 is 0 Å². The molecule has 3 amide bonds. The van der Waals surface area contributed by atoms with Crippen LogP contribution in [0.4, 0.5) is 10.5 Å². The zero-order valence-electron chi connectivity index (χ0n) is 17.5. The highest BCUT2D eigenvalue weighted by molar-refractivity contribution is 6.07. The van der Waals surface area contributed by atoms with Gasteiger partial charge in [-0.3, -0.25) is 9.69 Å². The minimum Gasteiger partial charge on any atom is -0.492 e. The molecule has 2 atom stereocenters. The van der Waals surface area contributed by atoms with Gasteiger partial charge in [0.2, 0.25) is 0 Å². The van der Waals surface area contributed by atoms with Crippen LogP contribution in [0.3, 0.4) is 0 Å². The van der Waals surface area contributed by atoms with Gasteiger partial charge in [0.05, 0.1) is 19.0 Å². The number of hydrogen-bond donors (Lipinski definition) is 1. The van der Waals surface area contributed by atoms with Crippen molar-refractivity contribution in [2.75, 3.05) is 44.4 Å². The standard InChI is InChI=1S/C22H32N4O3/c1-3-29-19-10-5-4-9-18(19)25-14-12-24(13-15-25)16-26-20(27)22(23-21(26)28)11-7-6-8-17(22)2/h4-5,9-10,17H,3,6-8,11-16H2,1-2H3,(H,23,28)/t17-,22-/m1/s1. The fourth-order valence-electron chi connectivity index (χ4n) is 4.95. The van der Waals surface area contributed by atoms with Gasteiger partial charge in [-0.2, -0.15) is 0 Å². The first-order valence-electron chi connectivity index (χ1n) is 10.9. The second-order valence-electron chi connectivity index (χ2n) is 8.43. The van der Waals surface area contributed by atoms with Crippen molar-refractivity contribution in [3.63, 3.8) is 0 Å². The second kappa shape index (κ2) is 8.22. The molecule has 1 aromatic carbocycles. The lowest BCUT2D eigenvalue weighted by atomic mass is 9.73. The average molecular weight is 401 g/mol. The molecule has 0 unspecified atom stereocenters. The lowest BCUT2D eigenvalue weighted by molar-refractivity contribution is -0.135. The van der Waals surface area contributed by atoms with Gasteiger partial charge < -0.3 is 15.0 Å². The van der Waals surface area contributed by atoms with Crippen LogP contribution in [0.15, 0.2) is 24.3 Å². The summed E-state index contributed by atoms with van der Waals surface area (Å²) < 4.78 is 5.77. The Balaban J connectivity index is 1.38. The van der Waals surface area contributed by atoms with Gasteiger partial charge in [-0.15, -0.1) is 0 Å². The number of carbonyl (C=O) groups excluding carboxylic acids is 2. The van der Waals surface area contributed by atoms with E-state index in [9.17, 15) is 9.59 Å². The van der Waals surface area contributed by atoms with E-state index in [4.69, 9.17) is 4.74 Å². The maximum absolute atomic E-state index is 13.2. The van der Waals surface area contributed by atoms with E-state index in [0.717, 1.165) is 63.3 Å². The largest absolute Gasteiger partial charge is 0.492 e. The summed E-state index contributed by atoms with van der Waals surface area (Å²) in [5.41, 5.74) is 0.437. The zero-order chi connectivity index (χ0) is 20.4. The summed E-state index contributed by atoms with van der Waals surface area (Å²) in [5.74, 6) is 1.08. The van der Waals surface area contributed by atoms with Gasteiger partial charge in [0, 0.05) is 26.2 Å². The van der Waals surface area contributed by atoms with Gasteiger partial charge in [-0.25, -0.2) is 9.69 Å². The monoisotopic (exact) mass is 400 g/mol. The molecule has 29 heavy (non-hydrogen) atoms. The fourth-order valence-corrected chi connectivity index (χ4v) is 4.95. The zero-order valence-corrected chi connectivity index (χ0v) is 17.5. The molecule has 0 aromatic heterocycles. The second-order valence-corrected chi connectivity index (χ2v) is 8.43. The van der Waals surface area contributed by atoms with Crippen molar-refractivity contribution < 1.29 is 14.3 Å². The van der Waals surface area contributed by atoms with Gasteiger partial charge in [-0.1, -0.05) is 31.9 Å². The number of piperazine rings is 1. The molecule has 3 fully saturated rings. The first-order valence-corrected chi connectivity index (χ1v) is 10.9. The van der Waals surface area contributed by atoms with Gasteiger partial charge in [0.1, 0.15) is 11.3 Å². The molecule has 2 saturated heterocycles. The first-order chi connectivity index (χ1) is 14.0. The summed E-state index contributed by atoms with van der Waals surface area (Å²) in [5, 5.41) is 3.05. The van der Waals surface area contributed by atoms with E-state index in [1.165, 1.54) is 4.90 Å². The quantitative estimate of drug-likeness (QED) is 0.770. The van der Waals surface area contributed by atoms with E-state index in [1.54, 1.807) is 0 Å². The van der Waals surface area contributed by atoms with Gasteiger partial charge in [-0.05, 0) is 37.8 Å². The molecule has 2 heterocycles. The van der Waals surface area contributed by atoms with E-state index < -0.39 is 5.54 Å². The van der Waals surface area contributed by atoms with Crippen LogP contribution in [0, 0.1) is 5.92 Å². The normalized spacial score (nSPS) is 28.1. The topological polar surface area (TPSA) is 65.1 Å². The summed E-state index contributed by atoms with van der Waals surface area (Å²) >= 11 is 0. The third-order valence-electron chi connectivity index (χ3n) is 6.72. The molecule has 1 aliphatic carbocycles. The number of nitrogens with zero attached hydrogens (tertiary/aromatic N) is 3. The summed E-state index contributed by atoms with van der Waals surface area (Å²) in [7, 11) is 0. The summed E-state index contributed by atoms with van der Waals surface area (Å²) in [4.78, 5) is 31.7. The van der Waals surface area contributed by atoms with E-state index in [-0.39, 0.29) is 17.9 Å². The van der Waals surface area contributed by atoms with Crippen LogP contribution < -0.4 is 15.0 Å². The number of amides is 3. The lowest BCUT2D eigenvalue weighted by Crippen LogP contribution is -2.55. The van der Waals surface area contributed by atoms with E-state index in [0.29, 0.717) is 13.3 Å². The van der Waals surface area contributed by atoms with Gasteiger partial charge in [0.15, 0.2) is 0 Å². The highest BCUT2D eigenvalue weighted by Crippen LogP contribution is 2.38. The van der Waals surface area contributed by atoms with E-state index in [2.05, 4.69) is 28.1 Å². The van der Waals surface area contributed by atoms with E-state index in [1.807, 2.05) is 25.1 Å². The number of benzene rings is 1. The number of ether oxygens (including phenoxy) is 1. The predicted molar refractivity (Wildman–Crippen MR) is 112 cm³/mol. The van der Waals surface area contributed by atoms with Gasteiger partial charge >= 0.3 is 6.03 Å². The smallest absolute Gasteiger partial charge is 0.326 e. The number of rotatable bonds is 5. The Kier molecular flexibility index (Phi) is 5.67. The summed E-state index contributed by atoms with van der Waals surface area (Å²) in [6.45, 7) is 8.40. The van der Waals surface area contributed by atoms with Crippen LogP contribution in [-0.4, -0.2) is 66.7 Å². The number of imide groups is 1. The summed E-state index contributed by atoms with van der Waals surface area (Å²) in [6, 6.07) is 7.88. The van der Waals surface area contributed by atoms with Crippen LogP contribution in [0.1, 0.15) is 39.5 Å². The van der Waals surface area contributed by atoms with Crippen molar-refractivity contribution in [1.82, 2.24) is 15.1 Å². The molecule has 1 N–H and O–H groups in total. The number of urea groups is 1. The third kappa shape index (κ3) is 3.68. The Morgan fingerprint density at radius 1 is 1.14 bits per heavy atom. The lowest BCUT2D eigenvalue weighted by Gasteiger charge is -2.39. The van der Waals surface area contributed by atoms with Crippen LogP contribution in [-0.2, 0) is 4.79 Å². The van der Waals surface area contributed by atoms with Crippen molar-refractivity contribution in [1.29, 1.82) is 0 Å². The SMILES string of the molecule is CCOc1ccccc1N1CCN(CN2C(=O)N[C@@]3(CCCC[C@H]3C)C2=O)CC1.